The van der Waals surface area contributed by atoms with E-state index in [1.807, 2.05) is 18.2 Å². The van der Waals surface area contributed by atoms with Gasteiger partial charge in [0.25, 0.3) is 6.43 Å². The van der Waals surface area contributed by atoms with Crippen LogP contribution in [0.3, 0.4) is 0 Å². The first-order valence-corrected chi connectivity index (χ1v) is 11.2. The summed E-state index contributed by atoms with van der Waals surface area (Å²) in [7, 11) is 9.21. The predicted octanol–water partition coefficient (Wildman–Crippen LogP) is 4.17. The first-order valence-electron chi connectivity index (χ1n) is 11.2. The van der Waals surface area contributed by atoms with Gasteiger partial charge in [-0.25, -0.2) is 18.0 Å². The Morgan fingerprint density at radius 3 is 2.66 bits per heavy atom. The second-order valence-corrected chi connectivity index (χ2v) is 8.67. The number of aromatic nitrogens is 1. The number of nitrogens with zero attached hydrogens (tertiary/aromatic N) is 2. The average Bonchev–Trinajstić information content (AvgIpc) is 3.29. The number of carbonyl (C=O) groups excluding carboxylic acids is 1. The standard InChI is InChI=1S/C25H26BF3N4O2/c1-14(16-5-4-6-17(22(16)27)23(28)29)31-20-12-21(26)32-19-8-7-15(11-18(19)20)25(35-3)9-10-33(13-25)24(34)30-2/h4-8,11-12,14,23H,9-10,13H2,1-3H3,(H,30,34)(H,31,32)/t14-,25+/m1/s1. The van der Waals surface area contributed by atoms with Gasteiger partial charge < -0.3 is 20.3 Å². The number of ether oxygens (including phenoxy) is 1. The highest BCUT2D eigenvalue weighted by atomic mass is 19.3. The van der Waals surface area contributed by atoms with E-state index in [2.05, 4.69) is 15.6 Å². The van der Waals surface area contributed by atoms with Crippen LogP contribution in [-0.4, -0.2) is 51.0 Å². The van der Waals surface area contributed by atoms with Gasteiger partial charge in [0.15, 0.2) is 0 Å². The van der Waals surface area contributed by atoms with Crippen molar-refractivity contribution in [1.82, 2.24) is 15.2 Å². The number of pyridine rings is 1. The van der Waals surface area contributed by atoms with Crippen LogP contribution >= 0.6 is 0 Å². The molecule has 4 rings (SSSR count). The molecule has 10 heteroatoms. The minimum Gasteiger partial charge on any atom is -0.378 e. The zero-order valence-electron chi connectivity index (χ0n) is 19.7. The molecule has 0 spiro atoms. The Morgan fingerprint density at radius 2 is 1.97 bits per heavy atom. The second kappa shape index (κ2) is 9.77. The number of hydrogen-bond donors (Lipinski definition) is 2. The van der Waals surface area contributed by atoms with Gasteiger partial charge in [-0.05, 0) is 36.3 Å². The number of hydrogen-bond acceptors (Lipinski definition) is 4. The van der Waals surface area contributed by atoms with Gasteiger partial charge >= 0.3 is 6.03 Å². The number of benzene rings is 2. The van der Waals surface area contributed by atoms with Crippen molar-refractivity contribution < 1.29 is 22.7 Å². The number of methoxy groups -OCH3 is 1. The first-order chi connectivity index (χ1) is 16.7. The lowest BCUT2D eigenvalue weighted by Crippen LogP contribution is -2.40. The molecule has 3 aromatic rings. The molecular formula is C25H26BF3N4O2. The van der Waals surface area contributed by atoms with Gasteiger partial charge in [0, 0.05) is 43.8 Å². The van der Waals surface area contributed by atoms with E-state index < -0.39 is 29.4 Å². The summed E-state index contributed by atoms with van der Waals surface area (Å²) in [5, 5.41) is 6.56. The fraction of sp³-hybridized carbons (Fsp3) is 0.360. The van der Waals surface area contributed by atoms with Crippen LogP contribution in [0.5, 0.6) is 0 Å². The zero-order chi connectivity index (χ0) is 25.3. The Kier molecular flexibility index (Phi) is 6.94. The number of nitrogens with one attached hydrogen (secondary N) is 2. The maximum Gasteiger partial charge on any atom is 0.317 e. The maximum atomic E-state index is 14.8. The molecule has 1 fully saturated rings. The van der Waals surface area contributed by atoms with Crippen LogP contribution in [0.4, 0.5) is 23.7 Å². The summed E-state index contributed by atoms with van der Waals surface area (Å²) in [5.74, 6) is -0.937. The van der Waals surface area contributed by atoms with E-state index in [0.717, 1.165) is 11.6 Å². The smallest absolute Gasteiger partial charge is 0.317 e. The van der Waals surface area contributed by atoms with Crippen molar-refractivity contribution in [2.24, 2.45) is 0 Å². The van der Waals surface area contributed by atoms with Crippen LogP contribution in [0.2, 0.25) is 0 Å². The van der Waals surface area contributed by atoms with Crippen molar-refractivity contribution in [3.05, 3.63) is 65.0 Å². The fourth-order valence-corrected chi connectivity index (χ4v) is 4.67. The Morgan fingerprint density at radius 1 is 1.23 bits per heavy atom. The lowest BCUT2D eigenvalue weighted by molar-refractivity contribution is -0.00305. The highest BCUT2D eigenvalue weighted by Crippen LogP contribution is 2.38. The van der Waals surface area contributed by atoms with Crippen LogP contribution in [0.1, 0.15) is 42.5 Å². The van der Waals surface area contributed by atoms with E-state index in [-0.39, 0.29) is 17.2 Å². The number of halogens is 3. The predicted molar refractivity (Wildman–Crippen MR) is 130 cm³/mol. The van der Waals surface area contributed by atoms with Crippen LogP contribution in [0, 0.1) is 5.82 Å². The van der Waals surface area contributed by atoms with Gasteiger partial charge in [-0.1, -0.05) is 24.3 Å². The molecule has 2 N–H and O–H groups in total. The zero-order valence-corrected chi connectivity index (χ0v) is 19.7. The number of likely N-dealkylation sites (tertiary alicyclic amines) is 1. The Hall–Kier alpha value is -3.27. The molecule has 0 aliphatic carbocycles. The normalized spacial score (nSPS) is 18.8. The van der Waals surface area contributed by atoms with Crippen molar-refractivity contribution in [3.63, 3.8) is 0 Å². The minimum absolute atomic E-state index is 0.118. The van der Waals surface area contributed by atoms with Gasteiger partial charge in [0.1, 0.15) is 19.3 Å². The number of urea groups is 1. The van der Waals surface area contributed by atoms with Crippen molar-refractivity contribution in [1.29, 1.82) is 0 Å². The number of alkyl halides is 2. The third-order valence-corrected chi connectivity index (χ3v) is 6.61. The molecule has 6 nitrogen and oxygen atoms in total. The number of rotatable bonds is 6. The largest absolute Gasteiger partial charge is 0.378 e. The quantitative estimate of drug-likeness (QED) is 0.518. The topological polar surface area (TPSA) is 66.5 Å². The molecule has 2 aromatic carbocycles. The van der Waals surface area contributed by atoms with Gasteiger partial charge in [-0.3, -0.25) is 4.98 Å². The molecule has 2 heterocycles. The molecule has 1 aliphatic rings. The Balaban J connectivity index is 1.72. The second-order valence-electron chi connectivity index (χ2n) is 8.67. The van der Waals surface area contributed by atoms with Crippen LogP contribution in [-0.2, 0) is 10.3 Å². The summed E-state index contributed by atoms with van der Waals surface area (Å²) >= 11 is 0. The summed E-state index contributed by atoms with van der Waals surface area (Å²) in [6.07, 6.45) is -2.30. The lowest BCUT2D eigenvalue weighted by Gasteiger charge is -2.29. The van der Waals surface area contributed by atoms with E-state index in [9.17, 15) is 18.0 Å². The molecular weight excluding hydrogens is 456 g/mol. The van der Waals surface area contributed by atoms with E-state index in [0.29, 0.717) is 36.1 Å². The molecule has 2 radical (unpaired) electrons. The number of carbonyl (C=O) groups is 1. The average molecular weight is 482 g/mol. The van der Waals surface area contributed by atoms with Crippen LogP contribution < -0.4 is 16.2 Å². The molecule has 1 aliphatic heterocycles. The molecule has 1 saturated heterocycles. The summed E-state index contributed by atoms with van der Waals surface area (Å²) in [5.41, 5.74) is 1.08. The van der Waals surface area contributed by atoms with E-state index in [1.54, 1.807) is 32.0 Å². The Bertz CT molecular complexity index is 1260. The highest BCUT2D eigenvalue weighted by molar-refractivity contribution is 6.31. The van der Waals surface area contributed by atoms with Crippen molar-refractivity contribution in [3.8, 4) is 0 Å². The third-order valence-electron chi connectivity index (χ3n) is 6.61. The fourth-order valence-electron chi connectivity index (χ4n) is 4.67. The first kappa shape index (κ1) is 24.8. The van der Waals surface area contributed by atoms with Crippen molar-refractivity contribution in [2.45, 2.75) is 31.4 Å². The SMILES string of the molecule is [B]c1cc(N[C@H](C)c2cccc(C(F)F)c2F)c2cc([C@]3(OC)CCN(C(=O)NC)C3)ccc2n1. The van der Waals surface area contributed by atoms with E-state index >= 15 is 0 Å². The summed E-state index contributed by atoms with van der Waals surface area (Å²) < 4.78 is 47.1. The molecule has 0 bridgehead atoms. The molecule has 1 aromatic heterocycles. The highest BCUT2D eigenvalue weighted by Gasteiger charge is 2.41. The van der Waals surface area contributed by atoms with Crippen LogP contribution in [0.15, 0.2) is 42.5 Å². The molecule has 0 saturated carbocycles. The van der Waals surface area contributed by atoms with Crippen LogP contribution in [0.25, 0.3) is 10.9 Å². The molecule has 35 heavy (non-hydrogen) atoms. The van der Waals surface area contributed by atoms with Gasteiger partial charge in [0.05, 0.1) is 23.7 Å². The van der Waals surface area contributed by atoms with Gasteiger partial charge in [-0.15, -0.1) is 0 Å². The van der Waals surface area contributed by atoms with Gasteiger partial charge in [0.2, 0.25) is 0 Å². The molecule has 2 atom stereocenters. The summed E-state index contributed by atoms with van der Waals surface area (Å²) in [6.45, 7) is 2.60. The van der Waals surface area contributed by atoms with Crippen molar-refractivity contribution in [2.75, 3.05) is 32.6 Å². The third kappa shape index (κ3) is 4.67. The molecule has 0 unspecified atom stereocenters. The number of anilines is 1. The monoisotopic (exact) mass is 482 g/mol. The van der Waals surface area contributed by atoms with Gasteiger partial charge in [-0.2, -0.15) is 0 Å². The summed E-state index contributed by atoms with van der Waals surface area (Å²) in [6, 6.07) is 10.4. The number of amides is 2. The summed E-state index contributed by atoms with van der Waals surface area (Å²) in [4.78, 5) is 18.2. The van der Waals surface area contributed by atoms with E-state index in [4.69, 9.17) is 12.6 Å². The van der Waals surface area contributed by atoms with Crippen molar-refractivity contribution >= 4 is 36.1 Å². The molecule has 2 amide bonds. The van der Waals surface area contributed by atoms with E-state index in [1.165, 1.54) is 12.1 Å². The Labute approximate surface area is 203 Å². The lowest BCUT2D eigenvalue weighted by atomic mass is 9.90. The minimum atomic E-state index is -2.91. The maximum absolute atomic E-state index is 14.8. The number of fused-ring (bicyclic) bond motifs is 1. The molecule has 182 valence electrons.